The molecule has 82 valence electrons. The SMILES string of the molecule is CCS(=O)(=O)N1CCCCC1C(N)=O. The second kappa shape index (κ2) is 4.27. The average Bonchev–Trinajstić information content (AvgIpc) is 2.18. The molecule has 1 fully saturated rings. The highest BCUT2D eigenvalue weighted by Gasteiger charge is 2.34. The van der Waals surface area contributed by atoms with E-state index in [-0.39, 0.29) is 5.75 Å². The number of nitrogens with zero attached hydrogens (tertiary/aromatic N) is 1. The summed E-state index contributed by atoms with van der Waals surface area (Å²) in [6.45, 7) is 1.99. The zero-order valence-electron chi connectivity index (χ0n) is 8.27. The molecule has 1 rings (SSSR count). The van der Waals surface area contributed by atoms with Gasteiger partial charge in [0, 0.05) is 6.54 Å². The van der Waals surface area contributed by atoms with Crippen molar-refractivity contribution in [2.75, 3.05) is 12.3 Å². The molecule has 0 aliphatic carbocycles. The summed E-state index contributed by atoms with van der Waals surface area (Å²) in [5, 5.41) is 0. The fourth-order valence-electron chi connectivity index (χ4n) is 1.69. The molecule has 1 atom stereocenters. The zero-order valence-corrected chi connectivity index (χ0v) is 9.09. The third-order valence-corrected chi connectivity index (χ3v) is 4.39. The molecule has 0 spiro atoms. The molecule has 0 aromatic heterocycles. The van der Waals surface area contributed by atoms with Crippen LogP contribution in [0.15, 0.2) is 0 Å². The Morgan fingerprint density at radius 3 is 2.64 bits per heavy atom. The molecule has 14 heavy (non-hydrogen) atoms. The van der Waals surface area contributed by atoms with Gasteiger partial charge in [0.15, 0.2) is 0 Å². The van der Waals surface area contributed by atoms with Crippen LogP contribution in [0.2, 0.25) is 0 Å². The summed E-state index contributed by atoms with van der Waals surface area (Å²) >= 11 is 0. The molecule has 1 saturated heterocycles. The molecule has 1 heterocycles. The summed E-state index contributed by atoms with van der Waals surface area (Å²) in [5.74, 6) is -0.515. The van der Waals surface area contributed by atoms with Gasteiger partial charge in [-0.15, -0.1) is 0 Å². The number of carbonyl (C=O) groups excluding carboxylic acids is 1. The molecule has 0 bridgehead atoms. The number of rotatable bonds is 3. The first-order chi connectivity index (χ1) is 6.49. The predicted molar refractivity (Wildman–Crippen MR) is 53.0 cm³/mol. The van der Waals surface area contributed by atoms with Crippen LogP contribution in [0.4, 0.5) is 0 Å². The molecule has 6 heteroatoms. The topological polar surface area (TPSA) is 80.5 Å². The molecule has 5 nitrogen and oxygen atoms in total. The van der Waals surface area contributed by atoms with Crippen molar-refractivity contribution >= 4 is 15.9 Å². The van der Waals surface area contributed by atoms with Crippen LogP contribution in [0.1, 0.15) is 26.2 Å². The van der Waals surface area contributed by atoms with E-state index < -0.39 is 22.0 Å². The molecule has 1 aliphatic heterocycles. The van der Waals surface area contributed by atoms with Gasteiger partial charge in [0.25, 0.3) is 0 Å². The minimum atomic E-state index is -3.28. The van der Waals surface area contributed by atoms with Crippen molar-refractivity contribution in [3.63, 3.8) is 0 Å². The Morgan fingerprint density at radius 1 is 1.50 bits per heavy atom. The Morgan fingerprint density at radius 2 is 2.14 bits per heavy atom. The number of sulfonamides is 1. The summed E-state index contributed by atoms with van der Waals surface area (Å²) in [4.78, 5) is 11.0. The lowest BCUT2D eigenvalue weighted by molar-refractivity contribution is -0.122. The van der Waals surface area contributed by atoms with Crippen LogP contribution < -0.4 is 5.73 Å². The van der Waals surface area contributed by atoms with Crippen molar-refractivity contribution in [2.45, 2.75) is 32.2 Å². The van der Waals surface area contributed by atoms with Crippen molar-refractivity contribution < 1.29 is 13.2 Å². The molecule has 0 radical (unpaired) electrons. The van der Waals surface area contributed by atoms with E-state index in [1.165, 1.54) is 4.31 Å². The normalized spacial score (nSPS) is 24.8. The fourth-order valence-corrected chi connectivity index (χ4v) is 3.02. The predicted octanol–water partition coefficient (Wildman–Crippen LogP) is -0.324. The first-order valence-corrected chi connectivity index (χ1v) is 6.39. The maximum atomic E-state index is 11.6. The van der Waals surface area contributed by atoms with Crippen LogP contribution in [0.5, 0.6) is 0 Å². The first-order valence-electron chi connectivity index (χ1n) is 4.78. The molecular formula is C8H16N2O3S. The van der Waals surface area contributed by atoms with E-state index in [0.29, 0.717) is 13.0 Å². The van der Waals surface area contributed by atoms with Crippen molar-refractivity contribution in [2.24, 2.45) is 5.73 Å². The lowest BCUT2D eigenvalue weighted by atomic mass is 10.0. The molecule has 0 saturated carbocycles. The minimum absolute atomic E-state index is 0.0246. The van der Waals surface area contributed by atoms with E-state index in [1.807, 2.05) is 0 Å². The van der Waals surface area contributed by atoms with Gasteiger partial charge in [-0.1, -0.05) is 6.42 Å². The number of hydrogen-bond donors (Lipinski definition) is 1. The lowest BCUT2D eigenvalue weighted by Gasteiger charge is -2.32. The maximum Gasteiger partial charge on any atom is 0.235 e. The van der Waals surface area contributed by atoms with Crippen molar-refractivity contribution in [3.8, 4) is 0 Å². The molecule has 2 N–H and O–H groups in total. The van der Waals surface area contributed by atoms with Gasteiger partial charge in [-0.2, -0.15) is 4.31 Å². The second-order valence-corrected chi connectivity index (χ2v) is 5.64. The third-order valence-electron chi connectivity index (χ3n) is 2.50. The monoisotopic (exact) mass is 220 g/mol. The summed E-state index contributed by atoms with van der Waals surface area (Å²) in [5.41, 5.74) is 5.16. The highest BCUT2D eigenvalue weighted by molar-refractivity contribution is 7.89. The zero-order chi connectivity index (χ0) is 10.8. The Labute approximate surface area is 84.3 Å². The highest BCUT2D eigenvalue weighted by Crippen LogP contribution is 2.20. The Kier molecular flexibility index (Phi) is 3.49. The van der Waals surface area contributed by atoms with Crippen LogP contribution in [0.3, 0.4) is 0 Å². The number of hydrogen-bond acceptors (Lipinski definition) is 3. The van der Waals surface area contributed by atoms with Gasteiger partial charge < -0.3 is 5.73 Å². The Balaban J connectivity index is 2.88. The van der Waals surface area contributed by atoms with Gasteiger partial charge in [0.2, 0.25) is 15.9 Å². The van der Waals surface area contributed by atoms with Crippen molar-refractivity contribution in [1.82, 2.24) is 4.31 Å². The smallest absolute Gasteiger partial charge is 0.235 e. The first kappa shape index (κ1) is 11.5. The average molecular weight is 220 g/mol. The van der Waals surface area contributed by atoms with E-state index in [9.17, 15) is 13.2 Å². The fraction of sp³-hybridized carbons (Fsp3) is 0.875. The van der Waals surface area contributed by atoms with Crippen molar-refractivity contribution in [3.05, 3.63) is 0 Å². The van der Waals surface area contributed by atoms with Gasteiger partial charge >= 0.3 is 0 Å². The summed E-state index contributed by atoms with van der Waals surface area (Å²) in [6, 6.07) is -0.631. The van der Waals surface area contributed by atoms with Crippen LogP contribution in [0.25, 0.3) is 0 Å². The highest BCUT2D eigenvalue weighted by atomic mass is 32.2. The quantitative estimate of drug-likeness (QED) is 0.707. The number of primary amides is 1. The van der Waals surface area contributed by atoms with E-state index in [1.54, 1.807) is 6.92 Å². The van der Waals surface area contributed by atoms with E-state index in [2.05, 4.69) is 0 Å². The number of amides is 1. The minimum Gasteiger partial charge on any atom is -0.368 e. The molecule has 1 unspecified atom stereocenters. The second-order valence-electron chi connectivity index (χ2n) is 3.43. The van der Waals surface area contributed by atoms with Gasteiger partial charge in [-0.25, -0.2) is 8.42 Å². The number of carbonyl (C=O) groups is 1. The Bertz CT molecular complexity index is 313. The largest absolute Gasteiger partial charge is 0.368 e. The molecule has 0 aromatic rings. The lowest BCUT2D eigenvalue weighted by Crippen LogP contribution is -2.50. The van der Waals surface area contributed by atoms with E-state index in [0.717, 1.165) is 12.8 Å². The van der Waals surface area contributed by atoms with Gasteiger partial charge in [-0.3, -0.25) is 4.79 Å². The van der Waals surface area contributed by atoms with E-state index >= 15 is 0 Å². The van der Waals surface area contributed by atoms with Crippen LogP contribution in [0, 0.1) is 0 Å². The number of piperidine rings is 1. The summed E-state index contributed by atoms with van der Waals surface area (Å²) < 4.78 is 24.4. The van der Waals surface area contributed by atoms with Crippen molar-refractivity contribution in [1.29, 1.82) is 0 Å². The van der Waals surface area contributed by atoms with Crippen LogP contribution >= 0.6 is 0 Å². The molecule has 1 aliphatic rings. The number of nitrogens with two attached hydrogens (primary N) is 1. The Hall–Kier alpha value is -0.620. The van der Waals surface area contributed by atoms with Gasteiger partial charge in [0.1, 0.15) is 6.04 Å². The van der Waals surface area contributed by atoms with Gasteiger partial charge in [0.05, 0.1) is 5.75 Å². The van der Waals surface area contributed by atoms with E-state index in [4.69, 9.17) is 5.73 Å². The van der Waals surface area contributed by atoms with Crippen LogP contribution in [-0.2, 0) is 14.8 Å². The van der Waals surface area contributed by atoms with Crippen LogP contribution in [-0.4, -0.2) is 37.0 Å². The summed E-state index contributed by atoms with van der Waals surface area (Å²) in [7, 11) is -3.28. The molecular weight excluding hydrogens is 204 g/mol. The maximum absolute atomic E-state index is 11.6. The molecule has 1 amide bonds. The van der Waals surface area contributed by atoms with Gasteiger partial charge in [-0.05, 0) is 19.8 Å². The third kappa shape index (κ3) is 2.24. The summed E-state index contributed by atoms with van der Waals surface area (Å²) in [6.07, 6.45) is 2.22. The standard InChI is InChI=1S/C8H16N2O3S/c1-2-14(12,13)10-6-4-3-5-7(10)8(9)11/h7H,2-6H2,1H3,(H2,9,11). The molecule has 0 aromatic carbocycles.